The summed E-state index contributed by atoms with van der Waals surface area (Å²) in [5.74, 6) is 0.878. The lowest BCUT2D eigenvalue weighted by atomic mass is 10.0. The van der Waals surface area contributed by atoms with Gasteiger partial charge in [0.05, 0.1) is 18.6 Å². The molecule has 0 aliphatic carbocycles. The monoisotopic (exact) mass is 416 g/mol. The van der Waals surface area contributed by atoms with Gasteiger partial charge < -0.3 is 15.0 Å². The molecule has 0 bridgehead atoms. The van der Waals surface area contributed by atoms with Crippen molar-refractivity contribution in [3.8, 4) is 5.75 Å². The Labute approximate surface area is 172 Å². The number of nitrogens with one attached hydrogen (secondary N) is 1. The van der Waals surface area contributed by atoms with Crippen LogP contribution in [0.3, 0.4) is 0 Å². The molecule has 1 aliphatic heterocycles. The molecule has 1 N–H and O–H groups in total. The van der Waals surface area contributed by atoms with Crippen LogP contribution in [0, 0.1) is 0 Å². The Kier molecular flexibility index (Phi) is 6.47. The maximum Gasteiger partial charge on any atom is 0.244 e. The van der Waals surface area contributed by atoms with E-state index in [1.54, 1.807) is 26.0 Å². The van der Waals surface area contributed by atoms with Crippen LogP contribution in [0.5, 0.6) is 5.75 Å². The van der Waals surface area contributed by atoms with Gasteiger partial charge in [-0.1, -0.05) is 30.3 Å². The summed E-state index contributed by atoms with van der Waals surface area (Å²) in [7, 11) is 0.298. The third kappa shape index (κ3) is 5.29. The highest BCUT2D eigenvalue weighted by Gasteiger charge is 2.34. The highest BCUT2D eigenvalue weighted by molar-refractivity contribution is 7.91. The van der Waals surface area contributed by atoms with Crippen molar-refractivity contribution in [2.45, 2.75) is 31.8 Å². The van der Waals surface area contributed by atoms with E-state index in [4.69, 9.17) is 4.74 Å². The Hall–Kier alpha value is -2.54. The number of rotatable bonds is 7. The van der Waals surface area contributed by atoms with E-state index < -0.39 is 15.9 Å². The fourth-order valence-electron chi connectivity index (χ4n) is 3.70. The normalized spacial score (nSPS) is 18.8. The zero-order valence-corrected chi connectivity index (χ0v) is 17.9. The Balaban J connectivity index is 1.70. The van der Waals surface area contributed by atoms with E-state index in [1.807, 2.05) is 36.4 Å². The molecule has 7 heteroatoms. The van der Waals surface area contributed by atoms with Crippen LogP contribution in [-0.2, 0) is 21.1 Å². The molecule has 0 radical (unpaired) electrons. The molecule has 0 spiro atoms. The van der Waals surface area contributed by atoms with Crippen molar-refractivity contribution < 1.29 is 17.9 Å². The molecule has 1 heterocycles. The molecule has 1 fully saturated rings. The second kappa shape index (κ2) is 8.86. The number of sulfone groups is 1. The molecule has 0 saturated carbocycles. The summed E-state index contributed by atoms with van der Waals surface area (Å²) in [6.45, 7) is 1.80. The number of carbonyl (C=O) groups is 1. The third-order valence-electron chi connectivity index (χ3n) is 5.38. The van der Waals surface area contributed by atoms with E-state index in [1.165, 1.54) is 5.56 Å². The molecular formula is C22H28N2O4S. The number of hydrogen-bond acceptors (Lipinski definition) is 5. The van der Waals surface area contributed by atoms with Crippen LogP contribution in [0.4, 0.5) is 5.69 Å². The predicted molar refractivity (Wildman–Crippen MR) is 115 cm³/mol. The molecular weight excluding hydrogens is 388 g/mol. The van der Waals surface area contributed by atoms with E-state index in [0.29, 0.717) is 6.42 Å². The van der Waals surface area contributed by atoms with Crippen LogP contribution < -0.4 is 10.1 Å². The standard InChI is InChI=1S/C22H28N2O4S/c1-16(22(25)24(2)20-11-12-29(26,27)15-20)23-19-9-10-21(28-3)18(14-19)13-17-7-5-4-6-8-17/h4-10,14,16,20,23H,11-13,15H2,1-3H3/t16-,20+/m1/s1. The maximum atomic E-state index is 12.8. The summed E-state index contributed by atoms with van der Waals surface area (Å²) >= 11 is 0. The van der Waals surface area contributed by atoms with Gasteiger partial charge in [0.1, 0.15) is 11.8 Å². The molecule has 156 valence electrons. The number of carbonyl (C=O) groups excluding carboxylic acids is 1. The van der Waals surface area contributed by atoms with Crippen LogP contribution >= 0.6 is 0 Å². The number of amides is 1. The van der Waals surface area contributed by atoms with E-state index in [0.717, 1.165) is 23.4 Å². The average molecular weight is 417 g/mol. The molecule has 1 saturated heterocycles. The minimum absolute atomic E-state index is 0.0473. The highest BCUT2D eigenvalue weighted by atomic mass is 32.2. The fourth-order valence-corrected chi connectivity index (χ4v) is 5.47. The topological polar surface area (TPSA) is 75.7 Å². The smallest absolute Gasteiger partial charge is 0.244 e. The molecule has 29 heavy (non-hydrogen) atoms. The van der Waals surface area contributed by atoms with E-state index in [9.17, 15) is 13.2 Å². The number of anilines is 1. The number of likely N-dealkylation sites (N-methyl/N-ethyl adjacent to an activating group) is 1. The summed E-state index contributed by atoms with van der Waals surface area (Å²) in [5, 5.41) is 3.25. The van der Waals surface area contributed by atoms with Gasteiger partial charge in [0.25, 0.3) is 0 Å². The van der Waals surface area contributed by atoms with Gasteiger partial charge in [-0.2, -0.15) is 0 Å². The lowest BCUT2D eigenvalue weighted by Crippen LogP contribution is -2.45. The molecule has 3 rings (SSSR count). The number of ether oxygens (including phenoxy) is 1. The number of benzene rings is 2. The number of hydrogen-bond donors (Lipinski definition) is 1. The Morgan fingerprint density at radius 1 is 1.24 bits per heavy atom. The van der Waals surface area contributed by atoms with Crippen molar-refractivity contribution in [2.24, 2.45) is 0 Å². The van der Waals surface area contributed by atoms with Gasteiger partial charge in [0, 0.05) is 30.8 Å². The Bertz CT molecular complexity index is 960. The van der Waals surface area contributed by atoms with Gasteiger partial charge >= 0.3 is 0 Å². The molecule has 2 aromatic rings. The largest absolute Gasteiger partial charge is 0.496 e. The first kappa shape index (κ1) is 21.2. The van der Waals surface area contributed by atoms with E-state index >= 15 is 0 Å². The summed E-state index contributed by atoms with van der Waals surface area (Å²) < 4.78 is 28.9. The number of methoxy groups -OCH3 is 1. The van der Waals surface area contributed by atoms with Crippen LogP contribution in [0.15, 0.2) is 48.5 Å². The molecule has 6 nitrogen and oxygen atoms in total. The van der Waals surface area contributed by atoms with Crippen LogP contribution in [0.1, 0.15) is 24.5 Å². The lowest BCUT2D eigenvalue weighted by molar-refractivity contribution is -0.132. The highest BCUT2D eigenvalue weighted by Crippen LogP contribution is 2.26. The molecule has 0 aromatic heterocycles. The van der Waals surface area contributed by atoms with Crippen molar-refractivity contribution in [2.75, 3.05) is 31.0 Å². The first-order chi connectivity index (χ1) is 13.8. The Morgan fingerprint density at radius 2 is 1.97 bits per heavy atom. The SMILES string of the molecule is COc1ccc(N[C@H](C)C(=O)N(C)[C@H]2CCS(=O)(=O)C2)cc1Cc1ccccc1. The summed E-state index contributed by atoms with van der Waals surface area (Å²) in [4.78, 5) is 14.4. The third-order valence-corrected chi connectivity index (χ3v) is 7.13. The van der Waals surface area contributed by atoms with Crippen molar-refractivity contribution in [1.82, 2.24) is 4.90 Å². The van der Waals surface area contributed by atoms with Crippen molar-refractivity contribution >= 4 is 21.4 Å². The van der Waals surface area contributed by atoms with Crippen LogP contribution in [0.2, 0.25) is 0 Å². The zero-order valence-electron chi connectivity index (χ0n) is 17.1. The van der Waals surface area contributed by atoms with Gasteiger partial charge in [0.2, 0.25) is 5.91 Å². The van der Waals surface area contributed by atoms with Crippen molar-refractivity contribution in [3.05, 3.63) is 59.7 Å². The Morgan fingerprint density at radius 3 is 2.59 bits per heavy atom. The first-order valence-electron chi connectivity index (χ1n) is 9.73. The maximum absolute atomic E-state index is 12.8. The van der Waals surface area contributed by atoms with Gasteiger partial charge in [-0.05, 0) is 37.1 Å². The fraction of sp³-hybridized carbons (Fsp3) is 0.409. The number of nitrogens with zero attached hydrogens (tertiary/aromatic N) is 1. The van der Waals surface area contributed by atoms with Gasteiger partial charge in [-0.25, -0.2) is 8.42 Å². The summed E-state index contributed by atoms with van der Waals surface area (Å²) in [5.41, 5.74) is 3.03. The van der Waals surface area contributed by atoms with Crippen molar-refractivity contribution in [1.29, 1.82) is 0 Å². The average Bonchev–Trinajstić information content (AvgIpc) is 3.07. The summed E-state index contributed by atoms with van der Waals surface area (Å²) in [6.07, 6.45) is 1.22. The van der Waals surface area contributed by atoms with E-state index in [2.05, 4.69) is 17.4 Å². The molecule has 1 aliphatic rings. The molecule has 0 unspecified atom stereocenters. The second-order valence-electron chi connectivity index (χ2n) is 7.56. The molecule has 2 aromatic carbocycles. The van der Waals surface area contributed by atoms with Crippen LogP contribution in [0.25, 0.3) is 0 Å². The minimum atomic E-state index is -3.03. The quantitative estimate of drug-likeness (QED) is 0.751. The van der Waals surface area contributed by atoms with Gasteiger partial charge in [0.15, 0.2) is 9.84 Å². The van der Waals surface area contributed by atoms with Crippen molar-refractivity contribution in [3.63, 3.8) is 0 Å². The molecule has 2 atom stereocenters. The van der Waals surface area contributed by atoms with Gasteiger partial charge in [-0.3, -0.25) is 4.79 Å². The zero-order chi connectivity index (χ0) is 21.0. The first-order valence-corrected chi connectivity index (χ1v) is 11.6. The second-order valence-corrected chi connectivity index (χ2v) is 9.79. The van der Waals surface area contributed by atoms with Crippen LogP contribution in [-0.4, -0.2) is 57.0 Å². The minimum Gasteiger partial charge on any atom is -0.496 e. The lowest BCUT2D eigenvalue weighted by Gasteiger charge is -2.27. The molecule has 1 amide bonds. The summed E-state index contributed by atoms with van der Waals surface area (Å²) in [6, 6.07) is 15.2. The van der Waals surface area contributed by atoms with Gasteiger partial charge in [-0.15, -0.1) is 0 Å². The van der Waals surface area contributed by atoms with E-state index in [-0.39, 0.29) is 23.5 Å². The predicted octanol–water partition coefficient (Wildman–Crippen LogP) is 2.73.